The van der Waals surface area contributed by atoms with Crippen LogP contribution in [0.25, 0.3) is 10.9 Å². The molecule has 2 aromatic rings. The van der Waals surface area contributed by atoms with Gasteiger partial charge in [0.15, 0.2) is 0 Å². The molecule has 1 N–H and O–H groups in total. The van der Waals surface area contributed by atoms with Gasteiger partial charge in [0.05, 0.1) is 11.2 Å². The molecule has 0 bridgehead atoms. The highest BCUT2D eigenvalue weighted by molar-refractivity contribution is 5.82. The largest absolute Gasteiger partial charge is 0.341 e. The molecule has 0 unspecified atom stereocenters. The molecule has 24 heavy (non-hydrogen) atoms. The summed E-state index contributed by atoms with van der Waals surface area (Å²) in [6, 6.07) is 7.09. The Morgan fingerprint density at radius 3 is 2.88 bits per heavy atom. The monoisotopic (exact) mass is 326 g/mol. The van der Waals surface area contributed by atoms with Crippen molar-refractivity contribution in [3.63, 3.8) is 0 Å². The van der Waals surface area contributed by atoms with Crippen LogP contribution in [0.1, 0.15) is 50.3 Å². The summed E-state index contributed by atoms with van der Waals surface area (Å²) in [5.74, 6) is 0.903. The number of benzene rings is 1. The highest BCUT2D eigenvalue weighted by atomic mass is 15.3. The van der Waals surface area contributed by atoms with Crippen LogP contribution in [0, 0.1) is 13.8 Å². The second-order valence-electron chi connectivity index (χ2n) is 7.05. The molecular formula is C20H30N4. The first-order chi connectivity index (χ1) is 11.7. The van der Waals surface area contributed by atoms with Crippen molar-refractivity contribution in [3.05, 3.63) is 29.5 Å². The Morgan fingerprint density at radius 2 is 2.04 bits per heavy atom. The molecule has 1 aliphatic heterocycles. The van der Waals surface area contributed by atoms with E-state index in [4.69, 9.17) is 9.97 Å². The highest BCUT2D eigenvalue weighted by Crippen LogP contribution is 2.22. The Hall–Kier alpha value is -1.68. The molecule has 1 saturated heterocycles. The van der Waals surface area contributed by atoms with E-state index in [-0.39, 0.29) is 0 Å². The molecule has 3 rings (SSSR count). The molecule has 130 valence electrons. The van der Waals surface area contributed by atoms with Crippen molar-refractivity contribution in [3.8, 4) is 0 Å². The van der Waals surface area contributed by atoms with E-state index in [0.29, 0.717) is 6.04 Å². The number of aromatic nitrogens is 2. The van der Waals surface area contributed by atoms with Crippen molar-refractivity contribution in [1.29, 1.82) is 0 Å². The van der Waals surface area contributed by atoms with Crippen LogP contribution in [0.4, 0.5) is 5.95 Å². The van der Waals surface area contributed by atoms with Gasteiger partial charge in [0.2, 0.25) is 5.95 Å². The summed E-state index contributed by atoms with van der Waals surface area (Å²) in [5, 5.41) is 4.88. The van der Waals surface area contributed by atoms with E-state index in [0.717, 1.165) is 36.8 Å². The average molecular weight is 326 g/mol. The Bertz CT molecular complexity index is 683. The molecule has 1 atom stereocenters. The van der Waals surface area contributed by atoms with Crippen LogP contribution >= 0.6 is 0 Å². The van der Waals surface area contributed by atoms with Crippen molar-refractivity contribution >= 4 is 16.9 Å². The molecule has 2 heterocycles. The number of nitrogens with zero attached hydrogens (tertiary/aromatic N) is 3. The fraction of sp³-hybridized carbons (Fsp3) is 0.600. The molecule has 4 nitrogen and oxygen atoms in total. The molecule has 0 radical (unpaired) electrons. The maximum atomic E-state index is 4.86. The number of anilines is 1. The van der Waals surface area contributed by atoms with Crippen LogP contribution in [0.3, 0.4) is 0 Å². The zero-order valence-electron chi connectivity index (χ0n) is 15.3. The predicted molar refractivity (Wildman–Crippen MR) is 102 cm³/mol. The lowest BCUT2D eigenvalue weighted by Gasteiger charge is -2.21. The van der Waals surface area contributed by atoms with E-state index < -0.39 is 0 Å². The summed E-state index contributed by atoms with van der Waals surface area (Å²) >= 11 is 0. The molecule has 1 aliphatic rings. The fourth-order valence-electron chi connectivity index (χ4n) is 3.51. The number of nitrogens with one attached hydrogen (secondary N) is 1. The molecule has 0 aliphatic carbocycles. The maximum Gasteiger partial charge on any atom is 0.226 e. The number of fused-ring (bicyclic) bond motifs is 1. The second kappa shape index (κ2) is 7.93. The van der Waals surface area contributed by atoms with Gasteiger partial charge in [0, 0.05) is 24.5 Å². The van der Waals surface area contributed by atoms with Gasteiger partial charge in [-0.3, -0.25) is 0 Å². The van der Waals surface area contributed by atoms with Crippen LogP contribution in [0.15, 0.2) is 18.2 Å². The number of hydrogen-bond acceptors (Lipinski definition) is 4. The number of unbranched alkanes of at least 4 members (excludes halogenated alkanes) is 1. The topological polar surface area (TPSA) is 41.0 Å². The molecular weight excluding hydrogens is 296 g/mol. The van der Waals surface area contributed by atoms with Gasteiger partial charge in [0.1, 0.15) is 0 Å². The van der Waals surface area contributed by atoms with E-state index in [9.17, 15) is 0 Å². The Balaban J connectivity index is 1.73. The van der Waals surface area contributed by atoms with Gasteiger partial charge in [-0.05, 0) is 57.7 Å². The van der Waals surface area contributed by atoms with Gasteiger partial charge in [-0.1, -0.05) is 25.5 Å². The normalized spacial score (nSPS) is 18.8. The minimum atomic E-state index is 0.644. The number of rotatable bonds is 5. The van der Waals surface area contributed by atoms with E-state index in [1.807, 2.05) is 0 Å². The molecule has 0 amide bonds. The van der Waals surface area contributed by atoms with Crippen molar-refractivity contribution in [2.45, 2.75) is 58.9 Å². The van der Waals surface area contributed by atoms with Gasteiger partial charge in [-0.25, -0.2) is 9.97 Å². The Kier molecular flexibility index (Phi) is 5.67. The average Bonchev–Trinajstić information content (AvgIpc) is 2.80. The number of aryl methyl sites for hydroxylation is 2. The van der Waals surface area contributed by atoms with E-state index in [1.165, 1.54) is 43.1 Å². The predicted octanol–water partition coefficient (Wildman–Crippen LogP) is 4.00. The van der Waals surface area contributed by atoms with Gasteiger partial charge < -0.3 is 10.2 Å². The van der Waals surface area contributed by atoms with Gasteiger partial charge >= 0.3 is 0 Å². The van der Waals surface area contributed by atoms with E-state index >= 15 is 0 Å². The summed E-state index contributed by atoms with van der Waals surface area (Å²) in [7, 11) is 0. The Morgan fingerprint density at radius 1 is 1.17 bits per heavy atom. The van der Waals surface area contributed by atoms with Crippen LogP contribution in [-0.4, -0.2) is 35.6 Å². The molecule has 4 heteroatoms. The standard InChI is InChI=1S/C20H30N4/c1-4-5-11-21-17-7-6-12-24(13-10-17)20-22-16(3)18-9-8-15(2)14-19(18)23-20/h8-9,14,17,21H,4-7,10-13H2,1-3H3/t17-/m0/s1. The van der Waals surface area contributed by atoms with Crippen LogP contribution in [0.2, 0.25) is 0 Å². The van der Waals surface area contributed by atoms with Crippen LogP contribution in [-0.2, 0) is 0 Å². The third-order valence-corrected chi connectivity index (χ3v) is 5.01. The first-order valence-electron chi connectivity index (χ1n) is 9.40. The lowest BCUT2D eigenvalue weighted by atomic mass is 10.1. The number of hydrogen-bond donors (Lipinski definition) is 1. The first kappa shape index (κ1) is 17.2. The first-order valence-corrected chi connectivity index (χ1v) is 9.40. The lowest BCUT2D eigenvalue weighted by molar-refractivity contribution is 0.464. The summed E-state index contributed by atoms with van der Waals surface area (Å²) in [5.41, 5.74) is 3.40. The van der Waals surface area contributed by atoms with Crippen LogP contribution < -0.4 is 10.2 Å². The summed E-state index contributed by atoms with van der Waals surface area (Å²) < 4.78 is 0. The summed E-state index contributed by atoms with van der Waals surface area (Å²) in [6.45, 7) is 9.71. The minimum Gasteiger partial charge on any atom is -0.341 e. The zero-order chi connectivity index (χ0) is 16.9. The molecule has 1 fully saturated rings. The smallest absolute Gasteiger partial charge is 0.226 e. The molecule has 1 aromatic carbocycles. The van der Waals surface area contributed by atoms with Gasteiger partial charge in [-0.2, -0.15) is 0 Å². The fourth-order valence-corrected chi connectivity index (χ4v) is 3.51. The molecule has 1 aromatic heterocycles. The van der Waals surface area contributed by atoms with Gasteiger partial charge in [-0.15, -0.1) is 0 Å². The van der Waals surface area contributed by atoms with Gasteiger partial charge in [0.25, 0.3) is 0 Å². The lowest BCUT2D eigenvalue weighted by Crippen LogP contribution is -2.32. The second-order valence-corrected chi connectivity index (χ2v) is 7.05. The van der Waals surface area contributed by atoms with E-state index in [2.05, 4.69) is 49.2 Å². The van der Waals surface area contributed by atoms with Crippen LogP contribution in [0.5, 0.6) is 0 Å². The summed E-state index contributed by atoms with van der Waals surface area (Å²) in [6.07, 6.45) is 6.17. The third kappa shape index (κ3) is 4.04. The highest BCUT2D eigenvalue weighted by Gasteiger charge is 2.19. The third-order valence-electron chi connectivity index (χ3n) is 5.01. The minimum absolute atomic E-state index is 0.644. The van der Waals surface area contributed by atoms with E-state index in [1.54, 1.807) is 0 Å². The SMILES string of the molecule is CCCCN[C@H]1CCCN(c2nc(C)c3ccc(C)cc3n2)CC1. The summed E-state index contributed by atoms with van der Waals surface area (Å²) in [4.78, 5) is 12.0. The maximum absolute atomic E-state index is 4.86. The quantitative estimate of drug-likeness (QED) is 0.843. The van der Waals surface area contributed by atoms with Crippen molar-refractivity contribution < 1.29 is 0 Å². The zero-order valence-corrected chi connectivity index (χ0v) is 15.3. The van der Waals surface area contributed by atoms with Crippen molar-refractivity contribution in [2.24, 2.45) is 0 Å². The molecule has 0 saturated carbocycles. The van der Waals surface area contributed by atoms with Crippen molar-refractivity contribution in [1.82, 2.24) is 15.3 Å². The Labute approximate surface area is 145 Å². The molecule has 0 spiro atoms. The van der Waals surface area contributed by atoms with Crippen molar-refractivity contribution in [2.75, 3.05) is 24.5 Å².